The summed E-state index contributed by atoms with van der Waals surface area (Å²) in [6, 6.07) is 19.1. The molecule has 0 bridgehead atoms. The molecule has 0 aliphatic carbocycles. The molecule has 2 aliphatic heterocycles. The molecular weight excluding hydrogens is 310 g/mol. The van der Waals surface area contributed by atoms with Crippen molar-refractivity contribution in [2.75, 3.05) is 31.3 Å². The second-order valence-electron chi connectivity index (χ2n) is 6.91. The first-order valence-electron chi connectivity index (χ1n) is 9.41. The molecule has 2 aromatic rings. The normalized spacial score (nSPS) is 20.2. The van der Waals surface area contributed by atoms with E-state index in [4.69, 9.17) is 4.74 Å². The van der Waals surface area contributed by atoms with Crippen LogP contribution in [0.15, 0.2) is 54.6 Å². The SMILES string of the molecule is c1ccc(CN2NC(OCCCN3CCCC3)c3ccccc32)cc1. The van der Waals surface area contributed by atoms with Crippen LogP contribution in [0.1, 0.15) is 36.6 Å². The molecule has 2 heterocycles. The Morgan fingerprint density at radius 1 is 0.960 bits per heavy atom. The van der Waals surface area contributed by atoms with Gasteiger partial charge < -0.3 is 14.6 Å². The zero-order chi connectivity index (χ0) is 16.9. The molecule has 0 aromatic heterocycles. The molecule has 2 aromatic carbocycles. The first-order valence-corrected chi connectivity index (χ1v) is 9.41. The minimum atomic E-state index is -0.0431. The smallest absolute Gasteiger partial charge is 0.152 e. The highest BCUT2D eigenvalue weighted by molar-refractivity contribution is 5.57. The zero-order valence-corrected chi connectivity index (χ0v) is 14.7. The zero-order valence-electron chi connectivity index (χ0n) is 14.7. The van der Waals surface area contributed by atoms with Gasteiger partial charge in [-0.3, -0.25) is 0 Å². The van der Waals surface area contributed by atoms with Crippen molar-refractivity contribution >= 4 is 5.69 Å². The van der Waals surface area contributed by atoms with Gasteiger partial charge in [0.2, 0.25) is 0 Å². The topological polar surface area (TPSA) is 27.7 Å². The average molecular weight is 337 g/mol. The Morgan fingerprint density at radius 2 is 1.72 bits per heavy atom. The molecule has 1 atom stereocenters. The average Bonchev–Trinajstić information content (AvgIpc) is 3.29. The van der Waals surface area contributed by atoms with E-state index in [1.54, 1.807) is 0 Å². The van der Waals surface area contributed by atoms with E-state index in [-0.39, 0.29) is 6.23 Å². The molecule has 4 nitrogen and oxygen atoms in total. The molecule has 4 heteroatoms. The standard InChI is InChI=1S/C21H27N3O/c1-2-9-18(10-3-1)17-24-20-12-5-4-11-19(20)21(22-24)25-16-8-15-23-13-6-7-14-23/h1-5,9-12,21-22H,6-8,13-17H2. The number of benzene rings is 2. The van der Waals surface area contributed by atoms with E-state index < -0.39 is 0 Å². The lowest BCUT2D eigenvalue weighted by Crippen LogP contribution is -2.35. The van der Waals surface area contributed by atoms with E-state index >= 15 is 0 Å². The summed E-state index contributed by atoms with van der Waals surface area (Å²) >= 11 is 0. The molecule has 0 saturated carbocycles. The van der Waals surface area contributed by atoms with E-state index in [1.807, 2.05) is 0 Å². The monoisotopic (exact) mass is 337 g/mol. The van der Waals surface area contributed by atoms with Crippen LogP contribution in [0.4, 0.5) is 5.69 Å². The van der Waals surface area contributed by atoms with Crippen LogP contribution >= 0.6 is 0 Å². The first-order chi connectivity index (χ1) is 12.4. The van der Waals surface area contributed by atoms with Crippen molar-refractivity contribution in [2.45, 2.75) is 32.0 Å². The third-order valence-electron chi connectivity index (χ3n) is 5.07. The number of hydrogen-bond donors (Lipinski definition) is 1. The molecule has 1 fully saturated rings. The third-order valence-corrected chi connectivity index (χ3v) is 5.07. The summed E-state index contributed by atoms with van der Waals surface area (Å²) in [5.41, 5.74) is 7.28. The van der Waals surface area contributed by atoms with Gasteiger partial charge in [-0.1, -0.05) is 48.5 Å². The maximum absolute atomic E-state index is 6.18. The maximum Gasteiger partial charge on any atom is 0.152 e. The van der Waals surface area contributed by atoms with Crippen molar-refractivity contribution in [3.63, 3.8) is 0 Å². The lowest BCUT2D eigenvalue weighted by Gasteiger charge is -2.21. The van der Waals surface area contributed by atoms with Gasteiger partial charge >= 0.3 is 0 Å². The van der Waals surface area contributed by atoms with Crippen LogP contribution in [-0.4, -0.2) is 31.1 Å². The van der Waals surface area contributed by atoms with E-state index in [1.165, 1.54) is 42.7 Å². The molecule has 132 valence electrons. The summed E-state index contributed by atoms with van der Waals surface area (Å²) in [6.07, 6.45) is 3.76. The molecule has 4 rings (SSSR count). The van der Waals surface area contributed by atoms with E-state index in [2.05, 4.69) is 69.9 Å². The summed E-state index contributed by atoms with van der Waals surface area (Å²) in [5.74, 6) is 0. The molecule has 1 saturated heterocycles. The third kappa shape index (κ3) is 4.03. The molecule has 1 unspecified atom stereocenters. The largest absolute Gasteiger partial charge is 0.357 e. The summed E-state index contributed by atoms with van der Waals surface area (Å²) < 4.78 is 6.18. The van der Waals surface area contributed by atoms with Crippen molar-refractivity contribution in [1.29, 1.82) is 0 Å². The lowest BCUT2D eigenvalue weighted by molar-refractivity contribution is 0.0294. The van der Waals surface area contributed by atoms with E-state index in [0.717, 1.165) is 26.1 Å². The Kier molecular flexibility index (Phi) is 5.31. The summed E-state index contributed by atoms with van der Waals surface area (Å²) in [6.45, 7) is 5.31. The van der Waals surface area contributed by atoms with E-state index in [0.29, 0.717) is 0 Å². The summed E-state index contributed by atoms with van der Waals surface area (Å²) in [4.78, 5) is 2.54. The van der Waals surface area contributed by atoms with Crippen LogP contribution in [0.5, 0.6) is 0 Å². The first kappa shape index (κ1) is 16.6. The van der Waals surface area contributed by atoms with Crippen LogP contribution < -0.4 is 10.4 Å². The van der Waals surface area contributed by atoms with Gasteiger partial charge in [0.05, 0.1) is 18.8 Å². The van der Waals surface area contributed by atoms with Gasteiger partial charge in [-0.2, -0.15) is 0 Å². The van der Waals surface area contributed by atoms with Crippen molar-refractivity contribution in [3.05, 3.63) is 65.7 Å². The highest BCUT2D eigenvalue weighted by Crippen LogP contribution is 2.34. The van der Waals surface area contributed by atoms with Gasteiger partial charge in [0.25, 0.3) is 0 Å². The number of likely N-dealkylation sites (tertiary alicyclic amines) is 1. The van der Waals surface area contributed by atoms with Gasteiger partial charge in [0.15, 0.2) is 6.23 Å². The predicted molar refractivity (Wildman–Crippen MR) is 101 cm³/mol. The summed E-state index contributed by atoms with van der Waals surface area (Å²) in [5, 5.41) is 2.20. The quantitative estimate of drug-likeness (QED) is 0.780. The minimum absolute atomic E-state index is 0.0431. The molecule has 0 amide bonds. The Balaban J connectivity index is 1.35. The van der Waals surface area contributed by atoms with Crippen molar-refractivity contribution in [2.24, 2.45) is 0 Å². The predicted octanol–water partition coefficient (Wildman–Crippen LogP) is 3.71. The van der Waals surface area contributed by atoms with E-state index in [9.17, 15) is 0 Å². The van der Waals surface area contributed by atoms with Gasteiger partial charge in [0, 0.05) is 12.1 Å². The molecular formula is C21H27N3O. The molecule has 25 heavy (non-hydrogen) atoms. The Bertz CT molecular complexity index is 670. The number of ether oxygens (including phenoxy) is 1. The minimum Gasteiger partial charge on any atom is -0.357 e. The fourth-order valence-electron chi connectivity index (χ4n) is 3.76. The van der Waals surface area contributed by atoms with Crippen LogP contribution in [0.2, 0.25) is 0 Å². The molecule has 0 radical (unpaired) electrons. The highest BCUT2D eigenvalue weighted by Gasteiger charge is 2.28. The van der Waals surface area contributed by atoms with Crippen molar-refractivity contribution in [3.8, 4) is 0 Å². The maximum atomic E-state index is 6.18. The van der Waals surface area contributed by atoms with Crippen molar-refractivity contribution in [1.82, 2.24) is 10.3 Å². The second kappa shape index (κ2) is 8.00. The number of nitrogens with zero attached hydrogens (tertiary/aromatic N) is 2. The van der Waals surface area contributed by atoms with Crippen LogP contribution in [0.25, 0.3) is 0 Å². The Morgan fingerprint density at radius 3 is 2.56 bits per heavy atom. The van der Waals surface area contributed by atoms with Gasteiger partial charge in [-0.25, -0.2) is 5.43 Å². The number of fused-ring (bicyclic) bond motifs is 1. The lowest BCUT2D eigenvalue weighted by atomic mass is 10.1. The van der Waals surface area contributed by atoms with Crippen molar-refractivity contribution < 1.29 is 4.74 Å². The highest BCUT2D eigenvalue weighted by atomic mass is 16.5. The van der Waals surface area contributed by atoms with Crippen LogP contribution in [0, 0.1) is 0 Å². The Labute approximate surface area is 150 Å². The number of hydrazine groups is 1. The Hall–Kier alpha value is -1.88. The molecule has 1 N–H and O–H groups in total. The number of hydrogen-bond acceptors (Lipinski definition) is 4. The number of para-hydroxylation sites is 1. The number of anilines is 1. The fourth-order valence-corrected chi connectivity index (χ4v) is 3.76. The van der Waals surface area contributed by atoms with Gasteiger partial charge in [-0.15, -0.1) is 0 Å². The number of nitrogens with one attached hydrogen (secondary N) is 1. The number of rotatable bonds is 7. The van der Waals surface area contributed by atoms with Gasteiger partial charge in [-0.05, 0) is 44.0 Å². The fraction of sp³-hybridized carbons (Fsp3) is 0.429. The van der Waals surface area contributed by atoms with Crippen LogP contribution in [0.3, 0.4) is 0 Å². The second-order valence-corrected chi connectivity index (χ2v) is 6.91. The summed E-state index contributed by atoms with van der Waals surface area (Å²) in [7, 11) is 0. The molecule has 2 aliphatic rings. The van der Waals surface area contributed by atoms with Gasteiger partial charge in [0.1, 0.15) is 0 Å². The molecule has 0 spiro atoms. The van der Waals surface area contributed by atoms with Crippen LogP contribution in [-0.2, 0) is 11.3 Å².